The molecule has 0 saturated heterocycles. The second-order valence-corrected chi connectivity index (χ2v) is 5.65. The van der Waals surface area contributed by atoms with Gasteiger partial charge in [0.05, 0.1) is 12.5 Å². The van der Waals surface area contributed by atoms with Gasteiger partial charge in [-0.2, -0.15) is 0 Å². The van der Waals surface area contributed by atoms with Gasteiger partial charge in [-0.1, -0.05) is 13.8 Å². The highest BCUT2D eigenvalue weighted by atomic mass is 32.1. The van der Waals surface area contributed by atoms with Crippen molar-refractivity contribution in [2.75, 3.05) is 13.6 Å². The summed E-state index contributed by atoms with van der Waals surface area (Å²) in [5.41, 5.74) is 1.25. The smallest absolute Gasteiger partial charge is 0.224 e. The number of thiophene rings is 1. The summed E-state index contributed by atoms with van der Waals surface area (Å²) >= 11 is 1.69. The van der Waals surface area contributed by atoms with E-state index in [1.165, 1.54) is 10.4 Å². The van der Waals surface area contributed by atoms with Gasteiger partial charge in [0.25, 0.3) is 0 Å². The lowest BCUT2D eigenvalue weighted by Gasteiger charge is -2.19. The molecule has 1 atom stereocenters. The van der Waals surface area contributed by atoms with Crippen LogP contribution in [-0.4, -0.2) is 19.5 Å². The molecule has 1 aromatic rings. The molecular weight excluding hydrogens is 232 g/mol. The topological polar surface area (TPSA) is 41.1 Å². The molecule has 4 heteroatoms. The lowest BCUT2D eigenvalue weighted by molar-refractivity contribution is -0.126. The van der Waals surface area contributed by atoms with Crippen molar-refractivity contribution in [2.24, 2.45) is 11.8 Å². The quantitative estimate of drug-likeness (QED) is 0.817. The van der Waals surface area contributed by atoms with Crippen LogP contribution in [-0.2, 0) is 11.3 Å². The van der Waals surface area contributed by atoms with E-state index in [1.807, 2.05) is 7.05 Å². The molecule has 0 aromatic carbocycles. The fourth-order valence-electron chi connectivity index (χ4n) is 1.73. The maximum atomic E-state index is 12.0. The molecule has 0 aliphatic carbocycles. The van der Waals surface area contributed by atoms with Crippen LogP contribution in [0.2, 0.25) is 0 Å². The molecule has 96 valence electrons. The van der Waals surface area contributed by atoms with Gasteiger partial charge in [0.1, 0.15) is 0 Å². The fourth-order valence-corrected chi connectivity index (χ4v) is 2.58. The van der Waals surface area contributed by atoms with Crippen LogP contribution in [0.3, 0.4) is 0 Å². The van der Waals surface area contributed by atoms with E-state index in [0.717, 1.165) is 6.54 Å². The highest BCUT2D eigenvalue weighted by Crippen LogP contribution is 2.16. The normalized spacial score (nSPS) is 12.8. The van der Waals surface area contributed by atoms with Crippen LogP contribution in [0.25, 0.3) is 0 Å². The fraction of sp³-hybridized carbons (Fsp3) is 0.615. The molecule has 3 nitrogen and oxygen atoms in total. The van der Waals surface area contributed by atoms with Crippen molar-refractivity contribution in [3.05, 3.63) is 21.9 Å². The van der Waals surface area contributed by atoms with Crippen molar-refractivity contribution >= 4 is 17.2 Å². The summed E-state index contributed by atoms with van der Waals surface area (Å²) in [6.07, 6.45) is 0. The first-order valence-electron chi connectivity index (χ1n) is 6.01. The number of carbonyl (C=O) groups is 1. The van der Waals surface area contributed by atoms with Crippen LogP contribution in [0.1, 0.15) is 24.3 Å². The van der Waals surface area contributed by atoms with Gasteiger partial charge in [0.2, 0.25) is 5.91 Å². The predicted octanol–water partition coefficient (Wildman–Crippen LogP) is 2.16. The lowest BCUT2D eigenvalue weighted by Crippen LogP contribution is -2.38. The molecule has 1 rings (SSSR count). The summed E-state index contributed by atoms with van der Waals surface area (Å²) in [7, 11) is 1.88. The number of rotatable bonds is 6. The first-order valence-corrected chi connectivity index (χ1v) is 6.89. The third kappa shape index (κ3) is 4.13. The Morgan fingerprint density at radius 1 is 1.47 bits per heavy atom. The Labute approximate surface area is 108 Å². The van der Waals surface area contributed by atoms with Crippen molar-refractivity contribution in [1.82, 2.24) is 10.6 Å². The molecular formula is C13H22N2OS. The Bertz CT molecular complexity index is 360. The molecule has 1 amide bonds. The number of hydrogen-bond donors (Lipinski definition) is 2. The van der Waals surface area contributed by atoms with Crippen LogP contribution in [0.5, 0.6) is 0 Å². The standard InChI is InChI=1S/C13H22N2OS/c1-9(2)11(7-14-4)13(16)15-8-12-10(3)5-6-17-12/h5-6,9,11,14H,7-8H2,1-4H3,(H,15,16). The largest absolute Gasteiger partial charge is 0.351 e. The van der Waals surface area contributed by atoms with Crippen molar-refractivity contribution in [2.45, 2.75) is 27.3 Å². The minimum absolute atomic E-state index is 0.0419. The van der Waals surface area contributed by atoms with E-state index in [9.17, 15) is 4.79 Å². The van der Waals surface area contributed by atoms with Crippen molar-refractivity contribution in [1.29, 1.82) is 0 Å². The number of nitrogens with one attached hydrogen (secondary N) is 2. The minimum atomic E-state index is 0.0419. The predicted molar refractivity (Wildman–Crippen MR) is 73.2 cm³/mol. The summed E-state index contributed by atoms with van der Waals surface area (Å²) in [5.74, 6) is 0.536. The summed E-state index contributed by atoms with van der Waals surface area (Å²) < 4.78 is 0. The summed E-state index contributed by atoms with van der Waals surface area (Å²) in [6, 6.07) is 2.08. The van der Waals surface area contributed by atoms with Crippen LogP contribution in [0, 0.1) is 18.8 Å². The van der Waals surface area contributed by atoms with E-state index < -0.39 is 0 Å². The van der Waals surface area contributed by atoms with Crippen LogP contribution in [0.15, 0.2) is 11.4 Å². The Hall–Kier alpha value is -0.870. The maximum absolute atomic E-state index is 12.0. The highest BCUT2D eigenvalue weighted by molar-refractivity contribution is 7.10. The molecule has 0 aliphatic heterocycles. The molecule has 1 heterocycles. The van der Waals surface area contributed by atoms with E-state index in [1.54, 1.807) is 11.3 Å². The van der Waals surface area contributed by atoms with Gasteiger partial charge in [0, 0.05) is 11.4 Å². The van der Waals surface area contributed by atoms with Gasteiger partial charge in [-0.3, -0.25) is 4.79 Å². The van der Waals surface area contributed by atoms with Gasteiger partial charge in [-0.25, -0.2) is 0 Å². The molecule has 1 unspecified atom stereocenters. The van der Waals surface area contributed by atoms with E-state index in [0.29, 0.717) is 12.5 Å². The average molecular weight is 254 g/mol. The van der Waals surface area contributed by atoms with Gasteiger partial charge >= 0.3 is 0 Å². The van der Waals surface area contributed by atoms with Crippen LogP contribution in [0.4, 0.5) is 0 Å². The van der Waals surface area contributed by atoms with Gasteiger partial charge in [-0.15, -0.1) is 11.3 Å². The SMILES string of the molecule is CNCC(C(=O)NCc1sccc1C)C(C)C. The molecule has 17 heavy (non-hydrogen) atoms. The second-order valence-electron chi connectivity index (χ2n) is 4.65. The molecule has 0 aliphatic rings. The summed E-state index contributed by atoms with van der Waals surface area (Å²) in [4.78, 5) is 13.3. The number of carbonyl (C=O) groups excluding carboxylic acids is 1. The second kappa shape index (κ2) is 6.77. The highest BCUT2D eigenvalue weighted by Gasteiger charge is 2.21. The zero-order chi connectivity index (χ0) is 12.8. The minimum Gasteiger partial charge on any atom is -0.351 e. The van der Waals surface area contributed by atoms with Gasteiger partial charge in [0.15, 0.2) is 0 Å². The van der Waals surface area contributed by atoms with Crippen molar-refractivity contribution < 1.29 is 4.79 Å². The van der Waals surface area contributed by atoms with Crippen molar-refractivity contribution in [3.8, 4) is 0 Å². The number of amides is 1. The Kier molecular flexibility index (Phi) is 5.65. The Morgan fingerprint density at radius 3 is 2.65 bits per heavy atom. The third-order valence-corrected chi connectivity index (χ3v) is 3.98. The van der Waals surface area contributed by atoms with E-state index >= 15 is 0 Å². The summed E-state index contributed by atoms with van der Waals surface area (Å²) in [6.45, 7) is 7.61. The first-order chi connectivity index (χ1) is 8.06. The van der Waals surface area contributed by atoms with Gasteiger partial charge < -0.3 is 10.6 Å². The van der Waals surface area contributed by atoms with Crippen LogP contribution >= 0.6 is 11.3 Å². The monoisotopic (exact) mass is 254 g/mol. The van der Waals surface area contributed by atoms with Gasteiger partial charge in [-0.05, 0) is 36.9 Å². The number of hydrogen-bond acceptors (Lipinski definition) is 3. The van der Waals surface area contributed by atoms with E-state index in [-0.39, 0.29) is 11.8 Å². The average Bonchev–Trinajstić information content (AvgIpc) is 2.68. The van der Waals surface area contributed by atoms with E-state index in [2.05, 4.69) is 42.9 Å². The van der Waals surface area contributed by atoms with Crippen molar-refractivity contribution in [3.63, 3.8) is 0 Å². The number of aryl methyl sites for hydroxylation is 1. The molecule has 1 aromatic heterocycles. The first kappa shape index (κ1) is 14.2. The molecule has 0 radical (unpaired) electrons. The molecule has 0 fully saturated rings. The Balaban J connectivity index is 2.50. The van der Waals surface area contributed by atoms with E-state index in [4.69, 9.17) is 0 Å². The molecule has 0 bridgehead atoms. The maximum Gasteiger partial charge on any atom is 0.224 e. The lowest BCUT2D eigenvalue weighted by atomic mass is 9.95. The molecule has 0 spiro atoms. The Morgan fingerprint density at radius 2 is 2.18 bits per heavy atom. The zero-order valence-electron chi connectivity index (χ0n) is 11.0. The molecule has 0 saturated carbocycles. The summed E-state index contributed by atoms with van der Waals surface area (Å²) in [5, 5.41) is 8.16. The third-order valence-electron chi connectivity index (χ3n) is 2.96. The van der Waals surface area contributed by atoms with Crippen LogP contribution < -0.4 is 10.6 Å². The zero-order valence-corrected chi connectivity index (χ0v) is 11.9. The molecule has 2 N–H and O–H groups in total.